The minimum absolute atomic E-state index is 0.140. The number of aliphatic carboxylic acids is 1. The highest BCUT2D eigenvalue weighted by molar-refractivity contribution is 5.67. The zero-order valence-electron chi connectivity index (χ0n) is 18.9. The standard InChI is InChI=1S/C24H34N6O2/c1-15-9-21(26-22-12-20(28-29-22)18-7-8-18)27-24(25-15)30-13-16(11-23(31)32)10-19(14-30)17-5-3-2-4-6-17/h9,12,16-19H,2-8,10-11,13-14H2,1H3,(H,31,32)(H2,25,26,27,28,29)/t16-,19+/m0/s1. The van der Waals surface area contributed by atoms with Gasteiger partial charge < -0.3 is 15.3 Å². The van der Waals surface area contributed by atoms with Gasteiger partial charge in [0.25, 0.3) is 0 Å². The fourth-order valence-corrected chi connectivity index (χ4v) is 5.65. The topological polar surface area (TPSA) is 107 Å². The molecule has 3 aliphatic rings. The summed E-state index contributed by atoms with van der Waals surface area (Å²) in [6.45, 7) is 3.60. The van der Waals surface area contributed by atoms with Crippen LogP contribution in [-0.2, 0) is 4.79 Å². The third kappa shape index (κ3) is 5.05. The maximum absolute atomic E-state index is 11.5. The van der Waals surface area contributed by atoms with Crippen molar-refractivity contribution in [1.82, 2.24) is 20.2 Å². The summed E-state index contributed by atoms with van der Waals surface area (Å²) in [4.78, 5) is 23.3. The predicted octanol–water partition coefficient (Wildman–Crippen LogP) is 4.63. The molecule has 172 valence electrons. The highest BCUT2D eigenvalue weighted by atomic mass is 16.4. The van der Waals surface area contributed by atoms with Gasteiger partial charge in [0.2, 0.25) is 5.95 Å². The smallest absolute Gasteiger partial charge is 0.303 e. The van der Waals surface area contributed by atoms with E-state index in [9.17, 15) is 9.90 Å². The Morgan fingerprint density at radius 1 is 1.09 bits per heavy atom. The highest BCUT2D eigenvalue weighted by Crippen LogP contribution is 2.40. The maximum atomic E-state index is 11.5. The second-order valence-electron chi connectivity index (χ2n) is 10.1. The van der Waals surface area contributed by atoms with E-state index in [1.54, 1.807) is 0 Å². The molecule has 3 fully saturated rings. The van der Waals surface area contributed by atoms with Gasteiger partial charge in [-0.25, -0.2) is 4.98 Å². The Balaban J connectivity index is 1.35. The number of nitrogens with one attached hydrogen (secondary N) is 2. The van der Waals surface area contributed by atoms with E-state index in [4.69, 9.17) is 9.97 Å². The number of piperidine rings is 1. The minimum atomic E-state index is -0.711. The van der Waals surface area contributed by atoms with Crippen molar-refractivity contribution in [2.45, 2.75) is 70.6 Å². The van der Waals surface area contributed by atoms with Crippen LogP contribution in [0.3, 0.4) is 0 Å². The molecule has 3 N–H and O–H groups in total. The number of aromatic amines is 1. The maximum Gasteiger partial charge on any atom is 0.303 e. The van der Waals surface area contributed by atoms with Crippen molar-refractivity contribution in [1.29, 1.82) is 0 Å². The first kappa shape index (κ1) is 21.2. The average Bonchev–Trinajstić information content (AvgIpc) is 3.52. The number of hydrogen-bond donors (Lipinski definition) is 3. The normalized spacial score (nSPS) is 24.5. The SMILES string of the molecule is Cc1cc(Nc2cc(C3CC3)[nH]n2)nc(N2C[C@H](CC(=O)O)C[C@@H](C3CCCCC3)C2)n1. The average molecular weight is 439 g/mol. The van der Waals surface area contributed by atoms with Crippen LogP contribution in [0.1, 0.15) is 75.1 Å². The molecule has 0 spiro atoms. The van der Waals surface area contributed by atoms with E-state index < -0.39 is 5.97 Å². The molecule has 1 aliphatic heterocycles. The van der Waals surface area contributed by atoms with Crippen LogP contribution in [0.5, 0.6) is 0 Å². The van der Waals surface area contributed by atoms with E-state index in [-0.39, 0.29) is 12.3 Å². The molecule has 0 unspecified atom stereocenters. The molecule has 2 aromatic rings. The Morgan fingerprint density at radius 2 is 1.91 bits per heavy atom. The van der Waals surface area contributed by atoms with Crippen LogP contribution in [0, 0.1) is 24.7 Å². The predicted molar refractivity (Wildman–Crippen MR) is 123 cm³/mol. The van der Waals surface area contributed by atoms with Crippen molar-refractivity contribution < 1.29 is 9.90 Å². The molecule has 8 nitrogen and oxygen atoms in total. The number of carboxylic acids is 1. The van der Waals surface area contributed by atoms with Crippen LogP contribution in [-0.4, -0.2) is 44.3 Å². The molecule has 2 atom stereocenters. The Bertz CT molecular complexity index is 950. The third-order valence-corrected chi connectivity index (χ3v) is 7.35. The summed E-state index contributed by atoms with van der Waals surface area (Å²) in [6.07, 6.45) is 10.1. The van der Waals surface area contributed by atoms with Gasteiger partial charge in [-0.05, 0) is 43.9 Å². The lowest BCUT2D eigenvalue weighted by Gasteiger charge is -2.42. The van der Waals surface area contributed by atoms with Gasteiger partial charge in [-0.15, -0.1) is 0 Å². The summed E-state index contributed by atoms with van der Waals surface area (Å²) in [5.41, 5.74) is 2.08. The van der Waals surface area contributed by atoms with Gasteiger partial charge in [0.1, 0.15) is 5.82 Å². The zero-order chi connectivity index (χ0) is 22.1. The number of nitrogens with zero attached hydrogens (tertiary/aromatic N) is 4. The summed E-state index contributed by atoms with van der Waals surface area (Å²) in [5.74, 6) is 3.46. The van der Waals surface area contributed by atoms with E-state index in [1.165, 1.54) is 50.6 Å². The first-order valence-corrected chi connectivity index (χ1v) is 12.2. The number of rotatable bonds is 7. The molecule has 8 heteroatoms. The van der Waals surface area contributed by atoms with Crippen molar-refractivity contribution in [3.05, 3.63) is 23.5 Å². The van der Waals surface area contributed by atoms with Gasteiger partial charge in [-0.3, -0.25) is 9.89 Å². The molecule has 0 radical (unpaired) electrons. The number of anilines is 3. The molecule has 3 heterocycles. The fraction of sp³-hybridized carbons (Fsp3) is 0.667. The second-order valence-corrected chi connectivity index (χ2v) is 10.1. The Kier molecular flexibility index (Phi) is 6.02. The van der Waals surface area contributed by atoms with Crippen molar-refractivity contribution in [3.8, 4) is 0 Å². The van der Waals surface area contributed by atoms with Gasteiger partial charge in [-0.2, -0.15) is 10.1 Å². The van der Waals surface area contributed by atoms with Crippen molar-refractivity contribution in [3.63, 3.8) is 0 Å². The number of H-pyrrole nitrogens is 1. The fourth-order valence-electron chi connectivity index (χ4n) is 5.65. The molecule has 0 bridgehead atoms. The summed E-state index contributed by atoms with van der Waals surface area (Å²) in [5, 5.41) is 20.3. The van der Waals surface area contributed by atoms with Gasteiger partial charge >= 0.3 is 5.97 Å². The second kappa shape index (κ2) is 9.08. The van der Waals surface area contributed by atoms with Crippen molar-refractivity contribution in [2.24, 2.45) is 17.8 Å². The number of carboxylic acid groups (broad SMARTS) is 1. The number of hydrogen-bond acceptors (Lipinski definition) is 6. The quantitative estimate of drug-likeness (QED) is 0.579. The van der Waals surface area contributed by atoms with E-state index in [0.717, 1.165) is 30.3 Å². The molecule has 0 aromatic carbocycles. The number of aryl methyl sites for hydroxylation is 1. The van der Waals surface area contributed by atoms with Crippen molar-refractivity contribution >= 4 is 23.6 Å². The van der Waals surface area contributed by atoms with Crippen molar-refractivity contribution in [2.75, 3.05) is 23.3 Å². The molecule has 2 aliphatic carbocycles. The number of aromatic nitrogens is 4. The minimum Gasteiger partial charge on any atom is -0.481 e. The Labute approximate surface area is 189 Å². The lowest BCUT2D eigenvalue weighted by atomic mass is 9.73. The third-order valence-electron chi connectivity index (χ3n) is 7.35. The summed E-state index contributed by atoms with van der Waals surface area (Å²) in [6, 6.07) is 4.00. The molecule has 2 aromatic heterocycles. The van der Waals surface area contributed by atoms with Crippen LogP contribution < -0.4 is 10.2 Å². The van der Waals surface area contributed by atoms with Crippen LogP contribution in [0.15, 0.2) is 12.1 Å². The van der Waals surface area contributed by atoms with Crippen LogP contribution in [0.4, 0.5) is 17.6 Å². The summed E-state index contributed by atoms with van der Waals surface area (Å²) in [7, 11) is 0. The van der Waals surface area contributed by atoms with E-state index in [2.05, 4.69) is 26.5 Å². The zero-order valence-corrected chi connectivity index (χ0v) is 18.9. The molecular formula is C24H34N6O2. The van der Waals surface area contributed by atoms with Gasteiger partial charge in [-0.1, -0.05) is 32.1 Å². The lowest BCUT2D eigenvalue weighted by molar-refractivity contribution is -0.138. The molecule has 5 rings (SSSR count). The van der Waals surface area contributed by atoms with E-state index in [1.807, 2.05) is 13.0 Å². The van der Waals surface area contributed by atoms with E-state index >= 15 is 0 Å². The van der Waals surface area contributed by atoms with Gasteiger partial charge in [0.05, 0.1) is 0 Å². The first-order valence-electron chi connectivity index (χ1n) is 12.2. The molecular weight excluding hydrogens is 404 g/mol. The van der Waals surface area contributed by atoms with Crippen LogP contribution in [0.25, 0.3) is 0 Å². The molecule has 1 saturated heterocycles. The van der Waals surface area contributed by atoms with Gasteiger partial charge in [0.15, 0.2) is 5.82 Å². The summed E-state index contributed by atoms with van der Waals surface area (Å²) < 4.78 is 0. The Hall–Kier alpha value is -2.64. The first-order chi connectivity index (χ1) is 15.5. The van der Waals surface area contributed by atoms with E-state index in [0.29, 0.717) is 30.2 Å². The molecule has 32 heavy (non-hydrogen) atoms. The largest absolute Gasteiger partial charge is 0.481 e. The van der Waals surface area contributed by atoms with Gasteiger partial charge in [0, 0.05) is 48.9 Å². The number of carbonyl (C=O) groups is 1. The molecule has 2 saturated carbocycles. The summed E-state index contributed by atoms with van der Waals surface area (Å²) >= 11 is 0. The molecule has 0 amide bonds. The van der Waals surface area contributed by atoms with Crippen LogP contribution in [0.2, 0.25) is 0 Å². The Morgan fingerprint density at radius 3 is 2.66 bits per heavy atom. The van der Waals surface area contributed by atoms with Crippen LogP contribution >= 0.6 is 0 Å². The monoisotopic (exact) mass is 438 g/mol. The lowest BCUT2D eigenvalue weighted by Crippen LogP contribution is -2.44. The highest BCUT2D eigenvalue weighted by Gasteiger charge is 2.35.